The number of carbonyl (C=O) groups is 1. The minimum absolute atomic E-state index is 0.101. The molecule has 0 spiro atoms. The van der Waals surface area contributed by atoms with Crippen LogP contribution in [-0.4, -0.2) is 36.5 Å². The van der Waals surface area contributed by atoms with Gasteiger partial charge in [0, 0.05) is 54.8 Å². The van der Waals surface area contributed by atoms with Gasteiger partial charge in [0.15, 0.2) is 5.65 Å². The minimum Gasteiger partial charge on any atom is -0.344 e. The molecule has 6 rings (SSSR count). The van der Waals surface area contributed by atoms with Crippen LogP contribution in [0.3, 0.4) is 0 Å². The molecule has 2 aliphatic rings. The fraction of sp³-hybridized carbons (Fsp3) is 0.375. The SMILES string of the molecule is O=C(CCn1c2c(c3ccccc31)CCCC2)N1CCc2nc3cc[nH]n3c(=O)c2C1. The summed E-state index contributed by atoms with van der Waals surface area (Å²) in [4.78, 5) is 32.3. The summed E-state index contributed by atoms with van der Waals surface area (Å²) in [5.41, 5.74) is 6.09. The number of para-hydroxylation sites is 1. The molecule has 3 aromatic heterocycles. The van der Waals surface area contributed by atoms with Gasteiger partial charge in [0.2, 0.25) is 5.91 Å². The lowest BCUT2D eigenvalue weighted by Crippen LogP contribution is -2.40. The molecule has 1 amide bonds. The maximum Gasteiger partial charge on any atom is 0.277 e. The second-order valence-corrected chi connectivity index (χ2v) is 8.61. The Bertz CT molecular complexity index is 1380. The fourth-order valence-corrected chi connectivity index (χ4v) is 5.34. The van der Waals surface area contributed by atoms with Gasteiger partial charge in [0.1, 0.15) is 0 Å². The molecule has 1 N–H and O–H groups in total. The van der Waals surface area contributed by atoms with E-state index < -0.39 is 0 Å². The number of fused-ring (bicyclic) bond motifs is 5. The van der Waals surface area contributed by atoms with Crippen molar-refractivity contribution >= 4 is 22.5 Å². The normalized spacial score (nSPS) is 15.9. The second kappa shape index (κ2) is 7.11. The van der Waals surface area contributed by atoms with Crippen LogP contribution in [0.25, 0.3) is 16.6 Å². The van der Waals surface area contributed by atoms with Gasteiger partial charge < -0.3 is 9.47 Å². The zero-order chi connectivity index (χ0) is 20.9. The molecule has 7 heteroatoms. The topological polar surface area (TPSA) is 75.4 Å². The third-order valence-corrected chi connectivity index (χ3v) is 6.88. The van der Waals surface area contributed by atoms with E-state index in [2.05, 4.69) is 38.9 Å². The molecule has 158 valence electrons. The first kappa shape index (κ1) is 18.4. The van der Waals surface area contributed by atoms with E-state index in [-0.39, 0.29) is 11.5 Å². The van der Waals surface area contributed by atoms with Gasteiger partial charge in [-0.15, -0.1) is 0 Å². The summed E-state index contributed by atoms with van der Waals surface area (Å²) in [5, 5.41) is 4.25. The molecular weight excluding hydrogens is 390 g/mol. The number of nitrogens with zero attached hydrogens (tertiary/aromatic N) is 4. The summed E-state index contributed by atoms with van der Waals surface area (Å²) in [6.45, 7) is 1.64. The predicted molar refractivity (Wildman–Crippen MR) is 118 cm³/mol. The maximum absolute atomic E-state index is 13.1. The average Bonchev–Trinajstić information content (AvgIpc) is 3.40. The van der Waals surface area contributed by atoms with Crippen molar-refractivity contribution in [2.75, 3.05) is 6.54 Å². The van der Waals surface area contributed by atoms with Crippen molar-refractivity contribution in [1.29, 1.82) is 0 Å². The first-order valence-electron chi connectivity index (χ1n) is 11.2. The number of aromatic amines is 1. The summed E-state index contributed by atoms with van der Waals surface area (Å²) in [7, 11) is 0. The second-order valence-electron chi connectivity index (χ2n) is 8.61. The highest BCUT2D eigenvalue weighted by Crippen LogP contribution is 2.32. The van der Waals surface area contributed by atoms with E-state index in [0.29, 0.717) is 43.7 Å². The zero-order valence-electron chi connectivity index (χ0n) is 17.4. The Kier molecular flexibility index (Phi) is 4.23. The number of carbonyl (C=O) groups excluding carboxylic acids is 1. The van der Waals surface area contributed by atoms with Crippen molar-refractivity contribution in [3.8, 4) is 0 Å². The van der Waals surface area contributed by atoms with Gasteiger partial charge in [-0.05, 0) is 37.3 Å². The lowest BCUT2D eigenvalue weighted by Gasteiger charge is -2.28. The molecule has 7 nitrogen and oxygen atoms in total. The summed E-state index contributed by atoms with van der Waals surface area (Å²) in [6.07, 6.45) is 7.45. The van der Waals surface area contributed by atoms with Gasteiger partial charge in [-0.1, -0.05) is 18.2 Å². The third kappa shape index (κ3) is 2.91. The van der Waals surface area contributed by atoms with Crippen LogP contribution in [-0.2, 0) is 37.1 Å². The molecule has 4 heterocycles. The van der Waals surface area contributed by atoms with E-state index in [4.69, 9.17) is 0 Å². The molecule has 0 unspecified atom stereocenters. The highest BCUT2D eigenvalue weighted by molar-refractivity contribution is 5.86. The largest absolute Gasteiger partial charge is 0.344 e. The van der Waals surface area contributed by atoms with Gasteiger partial charge in [0.25, 0.3) is 5.56 Å². The molecule has 4 aromatic rings. The van der Waals surface area contributed by atoms with Crippen LogP contribution in [0.2, 0.25) is 0 Å². The van der Waals surface area contributed by atoms with Gasteiger partial charge in [-0.2, -0.15) is 0 Å². The van der Waals surface area contributed by atoms with Crippen LogP contribution in [0, 0.1) is 0 Å². The van der Waals surface area contributed by atoms with Crippen molar-refractivity contribution < 1.29 is 4.79 Å². The number of H-pyrrole nitrogens is 1. The van der Waals surface area contributed by atoms with Crippen molar-refractivity contribution in [3.63, 3.8) is 0 Å². The van der Waals surface area contributed by atoms with E-state index in [9.17, 15) is 9.59 Å². The van der Waals surface area contributed by atoms with Crippen LogP contribution in [0.15, 0.2) is 41.3 Å². The number of hydrogen-bond donors (Lipinski definition) is 1. The molecule has 0 radical (unpaired) electrons. The Labute approximate surface area is 179 Å². The number of benzene rings is 1. The molecule has 1 aromatic carbocycles. The van der Waals surface area contributed by atoms with E-state index >= 15 is 0 Å². The summed E-state index contributed by atoms with van der Waals surface area (Å²) in [6, 6.07) is 10.4. The highest BCUT2D eigenvalue weighted by Gasteiger charge is 2.26. The van der Waals surface area contributed by atoms with Crippen LogP contribution in [0.5, 0.6) is 0 Å². The smallest absolute Gasteiger partial charge is 0.277 e. The molecule has 1 aliphatic heterocycles. The Morgan fingerprint density at radius 1 is 1.06 bits per heavy atom. The molecular formula is C24H25N5O2. The number of nitrogens with one attached hydrogen (secondary N) is 1. The van der Waals surface area contributed by atoms with Gasteiger partial charge >= 0.3 is 0 Å². The monoisotopic (exact) mass is 415 g/mol. The Hall–Kier alpha value is -3.35. The molecule has 0 atom stereocenters. The van der Waals surface area contributed by atoms with Gasteiger partial charge in [-0.25, -0.2) is 9.50 Å². The zero-order valence-corrected chi connectivity index (χ0v) is 17.4. The fourth-order valence-electron chi connectivity index (χ4n) is 5.34. The van der Waals surface area contributed by atoms with E-state index in [1.54, 1.807) is 12.3 Å². The van der Waals surface area contributed by atoms with Crippen LogP contribution in [0.1, 0.15) is 41.8 Å². The van der Waals surface area contributed by atoms with Crippen LogP contribution in [0.4, 0.5) is 0 Å². The first-order chi connectivity index (χ1) is 15.2. The molecule has 0 saturated heterocycles. The van der Waals surface area contributed by atoms with Crippen LogP contribution < -0.4 is 5.56 Å². The standard InChI is InChI=1S/C24H25N5O2/c30-23(27-13-10-19-18(15-27)24(31)29-22(26-19)9-12-25-29)11-14-28-20-7-3-1-5-16(20)17-6-2-4-8-21(17)28/h1,3,5,7,9,12,25H,2,4,6,8,10-11,13-15H2. The molecule has 0 bridgehead atoms. The van der Waals surface area contributed by atoms with E-state index in [1.165, 1.54) is 39.5 Å². The maximum atomic E-state index is 13.1. The molecule has 0 saturated carbocycles. The number of hydrogen-bond acceptors (Lipinski definition) is 3. The number of rotatable bonds is 3. The number of aryl methyl sites for hydroxylation is 2. The Morgan fingerprint density at radius 2 is 1.94 bits per heavy atom. The summed E-state index contributed by atoms with van der Waals surface area (Å²) >= 11 is 0. The quantitative estimate of drug-likeness (QED) is 0.559. The third-order valence-electron chi connectivity index (χ3n) is 6.88. The van der Waals surface area contributed by atoms with Crippen molar-refractivity contribution in [2.24, 2.45) is 0 Å². The lowest BCUT2D eigenvalue weighted by molar-refractivity contribution is -0.132. The van der Waals surface area contributed by atoms with Crippen molar-refractivity contribution in [1.82, 2.24) is 24.1 Å². The lowest BCUT2D eigenvalue weighted by atomic mass is 9.95. The van der Waals surface area contributed by atoms with Crippen molar-refractivity contribution in [3.05, 3.63) is 69.4 Å². The van der Waals surface area contributed by atoms with E-state index in [1.807, 2.05) is 4.90 Å². The minimum atomic E-state index is -0.104. The van der Waals surface area contributed by atoms with Gasteiger partial charge in [-0.3, -0.25) is 14.7 Å². The first-order valence-corrected chi connectivity index (χ1v) is 11.2. The predicted octanol–water partition coefficient (Wildman–Crippen LogP) is 2.83. The van der Waals surface area contributed by atoms with Crippen LogP contribution >= 0.6 is 0 Å². The van der Waals surface area contributed by atoms with Crippen molar-refractivity contribution in [2.45, 2.75) is 51.6 Å². The number of aromatic nitrogens is 4. The van der Waals surface area contributed by atoms with E-state index in [0.717, 1.165) is 18.5 Å². The average molecular weight is 415 g/mol. The highest BCUT2D eigenvalue weighted by atomic mass is 16.2. The van der Waals surface area contributed by atoms with Gasteiger partial charge in [0.05, 0.1) is 17.8 Å². The number of amides is 1. The summed E-state index contributed by atoms with van der Waals surface area (Å²) < 4.78 is 3.81. The Morgan fingerprint density at radius 3 is 2.87 bits per heavy atom. The molecule has 1 aliphatic carbocycles. The Balaban J connectivity index is 1.25. The molecule has 31 heavy (non-hydrogen) atoms. The summed E-state index contributed by atoms with van der Waals surface area (Å²) in [5.74, 6) is 0.101. The molecule has 0 fully saturated rings.